The highest BCUT2D eigenvalue weighted by Crippen LogP contribution is 2.18. The van der Waals surface area contributed by atoms with E-state index in [1.807, 2.05) is 43.5 Å². The predicted octanol–water partition coefficient (Wildman–Crippen LogP) is 2.39. The highest BCUT2D eigenvalue weighted by molar-refractivity contribution is 6.04. The van der Waals surface area contributed by atoms with Gasteiger partial charge in [0.25, 0.3) is 5.91 Å². The first-order valence-corrected chi connectivity index (χ1v) is 7.88. The van der Waals surface area contributed by atoms with Crippen LogP contribution in [0, 0.1) is 6.92 Å². The second kappa shape index (κ2) is 6.79. The Kier molecular flexibility index (Phi) is 4.57. The fourth-order valence-electron chi connectivity index (χ4n) is 2.72. The number of benzene rings is 1. The molecule has 1 aromatic heterocycles. The van der Waals surface area contributed by atoms with Crippen molar-refractivity contribution in [1.82, 2.24) is 9.88 Å². The lowest BCUT2D eigenvalue weighted by atomic mass is 10.2. The number of aryl methyl sites for hydroxylation is 1. The number of pyridine rings is 1. The van der Waals surface area contributed by atoms with E-state index < -0.39 is 0 Å². The standard InChI is InChI=1S/C18H22N4O/c1-14-4-3-5-16(10-14)20-18(23)15-11-17(13-19-12-15)22-8-6-21(2)7-9-22/h3-5,10-13H,6-9H2,1-2H3,(H,20,23). The molecule has 1 aromatic carbocycles. The maximum absolute atomic E-state index is 12.4. The van der Waals surface area contributed by atoms with Crippen LogP contribution in [-0.2, 0) is 0 Å². The number of nitrogens with zero attached hydrogens (tertiary/aromatic N) is 3. The molecule has 0 aliphatic carbocycles. The van der Waals surface area contributed by atoms with Crippen molar-refractivity contribution >= 4 is 17.3 Å². The summed E-state index contributed by atoms with van der Waals surface area (Å²) in [6.45, 7) is 5.98. The first kappa shape index (κ1) is 15.5. The van der Waals surface area contributed by atoms with E-state index >= 15 is 0 Å². The topological polar surface area (TPSA) is 48.5 Å². The number of aromatic nitrogens is 1. The average molecular weight is 310 g/mol. The van der Waals surface area contributed by atoms with E-state index in [9.17, 15) is 4.79 Å². The first-order valence-electron chi connectivity index (χ1n) is 7.88. The Balaban J connectivity index is 1.72. The number of hydrogen-bond donors (Lipinski definition) is 1. The summed E-state index contributed by atoms with van der Waals surface area (Å²) < 4.78 is 0. The summed E-state index contributed by atoms with van der Waals surface area (Å²) in [6.07, 6.45) is 3.44. The van der Waals surface area contributed by atoms with Crippen LogP contribution < -0.4 is 10.2 Å². The minimum absolute atomic E-state index is 0.126. The van der Waals surface area contributed by atoms with Gasteiger partial charge >= 0.3 is 0 Å². The van der Waals surface area contributed by atoms with Crippen molar-refractivity contribution in [3.63, 3.8) is 0 Å². The number of carbonyl (C=O) groups excluding carboxylic acids is 1. The van der Waals surface area contributed by atoms with Crippen LogP contribution in [0.2, 0.25) is 0 Å². The summed E-state index contributed by atoms with van der Waals surface area (Å²) >= 11 is 0. The molecule has 0 radical (unpaired) electrons. The summed E-state index contributed by atoms with van der Waals surface area (Å²) in [6, 6.07) is 9.71. The van der Waals surface area contributed by atoms with Gasteiger partial charge in [0.15, 0.2) is 0 Å². The Morgan fingerprint density at radius 2 is 1.91 bits per heavy atom. The third kappa shape index (κ3) is 3.87. The Morgan fingerprint density at radius 1 is 1.13 bits per heavy atom. The molecule has 0 saturated carbocycles. The van der Waals surface area contributed by atoms with Gasteiger partial charge in [-0.3, -0.25) is 9.78 Å². The molecule has 5 nitrogen and oxygen atoms in total. The zero-order valence-electron chi connectivity index (χ0n) is 13.6. The van der Waals surface area contributed by atoms with E-state index in [0.29, 0.717) is 5.56 Å². The number of likely N-dealkylation sites (N-methyl/N-ethyl adjacent to an activating group) is 1. The normalized spacial score (nSPS) is 15.5. The number of anilines is 2. The Bertz CT molecular complexity index is 693. The van der Waals surface area contributed by atoms with E-state index in [1.165, 1.54) is 0 Å². The molecule has 1 aliphatic heterocycles. The third-order valence-corrected chi connectivity index (χ3v) is 4.13. The summed E-state index contributed by atoms with van der Waals surface area (Å²) in [4.78, 5) is 21.3. The molecule has 1 fully saturated rings. The number of nitrogens with one attached hydrogen (secondary N) is 1. The van der Waals surface area contributed by atoms with Gasteiger partial charge in [0, 0.05) is 38.1 Å². The van der Waals surface area contributed by atoms with Crippen molar-refractivity contribution in [2.75, 3.05) is 43.4 Å². The van der Waals surface area contributed by atoms with E-state index in [4.69, 9.17) is 0 Å². The average Bonchev–Trinajstić information content (AvgIpc) is 2.56. The van der Waals surface area contributed by atoms with Crippen LogP contribution in [0.25, 0.3) is 0 Å². The summed E-state index contributed by atoms with van der Waals surface area (Å²) in [5, 5.41) is 2.93. The van der Waals surface area contributed by atoms with Crippen LogP contribution in [0.5, 0.6) is 0 Å². The van der Waals surface area contributed by atoms with Gasteiger partial charge in [-0.05, 0) is 37.7 Å². The minimum Gasteiger partial charge on any atom is -0.368 e. The van der Waals surface area contributed by atoms with Crippen molar-refractivity contribution in [2.24, 2.45) is 0 Å². The molecule has 120 valence electrons. The monoisotopic (exact) mass is 310 g/mol. The maximum atomic E-state index is 12.4. The van der Waals surface area contributed by atoms with Gasteiger partial charge in [-0.1, -0.05) is 12.1 Å². The zero-order chi connectivity index (χ0) is 16.2. The van der Waals surface area contributed by atoms with Gasteiger partial charge in [0.1, 0.15) is 0 Å². The summed E-state index contributed by atoms with van der Waals surface area (Å²) in [7, 11) is 2.13. The van der Waals surface area contributed by atoms with Gasteiger partial charge in [-0.2, -0.15) is 0 Å². The van der Waals surface area contributed by atoms with E-state index in [-0.39, 0.29) is 5.91 Å². The predicted molar refractivity (Wildman–Crippen MR) is 93.1 cm³/mol. The molecule has 0 atom stereocenters. The van der Waals surface area contributed by atoms with Crippen LogP contribution in [0.4, 0.5) is 11.4 Å². The largest absolute Gasteiger partial charge is 0.368 e. The highest BCUT2D eigenvalue weighted by atomic mass is 16.1. The second-order valence-corrected chi connectivity index (χ2v) is 6.05. The number of piperazine rings is 1. The van der Waals surface area contributed by atoms with E-state index in [1.54, 1.807) is 6.20 Å². The third-order valence-electron chi connectivity index (χ3n) is 4.13. The quantitative estimate of drug-likeness (QED) is 0.946. The van der Waals surface area contributed by atoms with Crippen LogP contribution in [0.3, 0.4) is 0 Å². The number of hydrogen-bond acceptors (Lipinski definition) is 4. The molecular formula is C18H22N4O. The molecule has 3 rings (SSSR count). The summed E-state index contributed by atoms with van der Waals surface area (Å²) in [5.41, 5.74) is 3.52. The molecule has 1 N–H and O–H groups in total. The van der Waals surface area contributed by atoms with Crippen molar-refractivity contribution in [3.05, 3.63) is 53.9 Å². The minimum atomic E-state index is -0.126. The maximum Gasteiger partial charge on any atom is 0.257 e. The fourth-order valence-corrected chi connectivity index (χ4v) is 2.72. The Morgan fingerprint density at radius 3 is 2.65 bits per heavy atom. The van der Waals surface area contributed by atoms with Gasteiger partial charge in [-0.25, -0.2) is 0 Å². The molecule has 2 heterocycles. The van der Waals surface area contributed by atoms with Gasteiger partial charge in [0.05, 0.1) is 17.4 Å². The van der Waals surface area contributed by atoms with Crippen molar-refractivity contribution in [2.45, 2.75) is 6.92 Å². The number of amides is 1. The van der Waals surface area contributed by atoms with Gasteiger partial charge in [0.2, 0.25) is 0 Å². The lowest BCUT2D eigenvalue weighted by molar-refractivity contribution is 0.102. The van der Waals surface area contributed by atoms with Crippen molar-refractivity contribution in [1.29, 1.82) is 0 Å². The SMILES string of the molecule is Cc1cccc(NC(=O)c2cncc(N3CCN(C)CC3)c2)c1. The molecule has 0 spiro atoms. The Labute approximate surface area is 136 Å². The lowest BCUT2D eigenvalue weighted by Crippen LogP contribution is -2.44. The molecule has 5 heteroatoms. The smallest absolute Gasteiger partial charge is 0.257 e. The molecule has 1 amide bonds. The second-order valence-electron chi connectivity index (χ2n) is 6.05. The zero-order valence-corrected chi connectivity index (χ0v) is 13.6. The highest BCUT2D eigenvalue weighted by Gasteiger charge is 2.16. The molecule has 23 heavy (non-hydrogen) atoms. The van der Waals surface area contributed by atoms with Crippen LogP contribution >= 0.6 is 0 Å². The van der Waals surface area contributed by atoms with Crippen molar-refractivity contribution in [3.8, 4) is 0 Å². The van der Waals surface area contributed by atoms with Crippen LogP contribution in [0.15, 0.2) is 42.7 Å². The van der Waals surface area contributed by atoms with E-state index in [2.05, 4.69) is 27.1 Å². The lowest BCUT2D eigenvalue weighted by Gasteiger charge is -2.33. The van der Waals surface area contributed by atoms with E-state index in [0.717, 1.165) is 43.1 Å². The molecular weight excluding hydrogens is 288 g/mol. The molecule has 0 unspecified atom stereocenters. The van der Waals surface area contributed by atoms with Crippen LogP contribution in [0.1, 0.15) is 15.9 Å². The molecule has 0 bridgehead atoms. The molecule has 1 saturated heterocycles. The van der Waals surface area contributed by atoms with Gasteiger partial charge < -0.3 is 15.1 Å². The summed E-state index contributed by atoms with van der Waals surface area (Å²) in [5.74, 6) is -0.126. The first-order chi connectivity index (χ1) is 11.1. The molecule has 1 aliphatic rings. The molecule has 2 aromatic rings. The Hall–Kier alpha value is -2.40. The fraction of sp³-hybridized carbons (Fsp3) is 0.333. The van der Waals surface area contributed by atoms with Crippen molar-refractivity contribution < 1.29 is 4.79 Å². The van der Waals surface area contributed by atoms with Crippen LogP contribution in [-0.4, -0.2) is 49.0 Å². The number of carbonyl (C=O) groups is 1. The number of rotatable bonds is 3. The van der Waals surface area contributed by atoms with Gasteiger partial charge in [-0.15, -0.1) is 0 Å².